The lowest BCUT2D eigenvalue weighted by Crippen LogP contribution is -2.00. The zero-order valence-corrected chi connectivity index (χ0v) is 10.6. The minimum absolute atomic E-state index is 0.0410. The van der Waals surface area contributed by atoms with E-state index in [1.165, 1.54) is 30.3 Å². The van der Waals surface area contributed by atoms with Crippen molar-refractivity contribution in [3.8, 4) is 34.3 Å². The third-order valence-corrected chi connectivity index (χ3v) is 3.05. The predicted octanol–water partition coefficient (Wildman–Crippen LogP) is 2.28. The van der Waals surface area contributed by atoms with Crippen molar-refractivity contribution in [2.75, 3.05) is 0 Å². The van der Waals surface area contributed by atoms with Gasteiger partial charge in [0.15, 0.2) is 28.3 Å². The lowest BCUT2D eigenvalue weighted by molar-refractivity contribution is 0.404. The lowest BCUT2D eigenvalue weighted by Gasteiger charge is -2.06. The number of phenolic OH excluding ortho intramolecular Hbond substituents is 4. The molecule has 0 atom stereocenters. The molecule has 0 fully saturated rings. The summed E-state index contributed by atoms with van der Waals surface area (Å²) in [4.78, 5) is 12.0. The standard InChI is InChI=1S/C15H10O6/c16-8-4-9-11(18)6-14(21-15(9)13(20)5-8)7-1-2-10(17)12(19)3-7/h1-6,16-17,19-20H. The maximum atomic E-state index is 12.0. The molecule has 3 aromatic rings. The third-order valence-electron chi connectivity index (χ3n) is 3.05. The van der Waals surface area contributed by atoms with E-state index in [4.69, 9.17) is 4.42 Å². The Morgan fingerprint density at radius 1 is 0.810 bits per heavy atom. The third kappa shape index (κ3) is 2.12. The van der Waals surface area contributed by atoms with Gasteiger partial charge in [0.05, 0.1) is 5.39 Å². The van der Waals surface area contributed by atoms with Gasteiger partial charge in [-0.2, -0.15) is 0 Å². The summed E-state index contributed by atoms with van der Waals surface area (Å²) in [5.41, 5.74) is -0.162. The average molecular weight is 286 g/mol. The van der Waals surface area contributed by atoms with E-state index in [1.54, 1.807) is 0 Å². The Hall–Kier alpha value is -3.15. The highest BCUT2D eigenvalue weighted by Crippen LogP contribution is 2.34. The number of hydrogen-bond acceptors (Lipinski definition) is 6. The van der Waals surface area contributed by atoms with Gasteiger partial charge in [-0.3, -0.25) is 4.79 Å². The number of rotatable bonds is 1. The molecule has 6 nitrogen and oxygen atoms in total. The fourth-order valence-electron chi connectivity index (χ4n) is 2.04. The van der Waals surface area contributed by atoms with Gasteiger partial charge >= 0.3 is 0 Å². The maximum absolute atomic E-state index is 12.0. The van der Waals surface area contributed by atoms with Crippen molar-refractivity contribution in [3.05, 3.63) is 46.6 Å². The van der Waals surface area contributed by atoms with Gasteiger partial charge in [0, 0.05) is 17.7 Å². The van der Waals surface area contributed by atoms with Crippen LogP contribution in [0.2, 0.25) is 0 Å². The summed E-state index contributed by atoms with van der Waals surface area (Å²) in [7, 11) is 0. The van der Waals surface area contributed by atoms with Crippen LogP contribution in [-0.4, -0.2) is 20.4 Å². The topological polar surface area (TPSA) is 111 Å². The van der Waals surface area contributed by atoms with E-state index in [0.717, 1.165) is 6.07 Å². The molecular weight excluding hydrogens is 276 g/mol. The Balaban J connectivity index is 2.30. The lowest BCUT2D eigenvalue weighted by atomic mass is 10.1. The molecule has 1 aromatic heterocycles. The van der Waals surface area contributed by atoms with Gasteiger partial charge in [-0.25, -0.2) is 0 Å². The van der Waals surface area contributed by atoms with Crippen LogP contribution in [0.15, 0.2) is 45.6 Å². The molecule has 0 aliphatic carbocycles. The number of benzene rings is 2. The molecular formula is C15H10O6. The minimum Gasteiger partial charge on any atom is -0.508 e. The van der Waals surface area contributed by atoms with Crippen LogP contribution in [0.3, 0.4) is 0 Å². The number of aromatic hydroxyl groups is 4. The van der Waals surface area contributed by atoms with Crippen LogP contribution in [-0.2, 0) is 0 Å². The molecule has 2 aromatic carbocycles. The molecule has 0 radical (unpaired) electrons. The number of hydrogen-bond donors (Lipinski definition) is 4. The molecule has 3 rings (SSSR count). The van der Waals surface area contributed by atoms with E-state index < -0.39 is 5.43 Å². The van der Waals surface area contributed by atoms with Gasteiger partial charge in [-0.15, -0.1) is 0 Å². The summed E-state index contributed by atoms with van der Waals surface area (Å²) >= 11 is 0. The summed E-state index contributed by atoms with van der Waals surface area (Å²) in [5.74, 6) is -1.15. The smallest absolute Gasteiger partial charge is 0.193 e. The monoisotopic (exact) mass is 286 g/mol. The Labute approximate surface area is 117 Å². The Kier molecular flexibility index (Phi) is 2.72. The van der Waals surface area contributed by atoms with Crippen molar-refractivity contribution < 1.29 is 24.8 Å². The van der Waals surface area contributed by atoms with Gasteiger partial charge in [-0.1, -0.05) is 0 Å². The molecule has 0 unspecified atom stereocenters. The van der Waals surface area contributed by atoms with E-state index in [0.29, 0.717) is 5.56 Å². The fourth-order valence-corrected chi connectivity index (χ4v) is 2.04. The molecule has 106 valence electrons. The predicted molar refractivity (Wildman–Crippen MR) is 74.6 cm³/mol. The highest BCUT2D eigenvalue weighted by molar-refractivity contribution is 5.85. The maximum Gasteiger partial charge on any atom is 0.193 e. The van der Waals surface area contributed by atoms with Gasteiger partial charge in [0.1, 0.15) is 11.5 Å². The van der Waals surface area contributed by atoms with E-state index in [2.05, 4.69) is 0 Å². The molecule has 0 aliphatic rings. The molecule has 4 N–H and O–H groups in total. The number of fused-ring (bicyclic) bond motifs is 1. The number of phenols is 4. The first-order chi connectivity index (χ1) is 9.95. The zero-order valence-electron chi connectivity index (χ0n) is 10.6. The van der Waals surface area contributed by atoms with Crippen molar-refractivity contribution in [3.63, 3.8) is 0 Å². The molecule has 0 aliphatic heterocycles. The molecule has 0 saturated heterocycles. The Bertz CT molecular complexity index is 910. The molecule has 21 heavy (non-hydrogen) atoms. The fraction of sp³-hybridized carbons (Fsp3) is 0. The van der Waals surface area contributed by atoms with Gasteiger partial charge < -0.3 is 24.8 Å². The summed E-state index contributed by atoms with van der Waals surface area (Å²) in [6.07, 6.45) is 0. The minimum atomic E-state index is -0.454. The Morgan fingerprint density at radius 3 is 2.29 bits per heavy atom. The highest BCUT2D eigenvalue weighted by Gasteiger charge is 2.13. The van der Waals surface area contributed by atoms with Crippen molar-refractivity contribution in [1.82, 2.24) is 0 Å². The molecule has 1 heterocycles. The van der Waals surface area contributed by atoms with Crippen LogP contribution < -0.4 is 5.43 Å². The van der Waals surface area contributed by atoms with E-state index in [9.17, 15) is 25.2 Å². The largest absolute Gasteiger partial charge is 0.508 e. The first-order valence-corrected chi connectivity index (χ1v) is 5.98. The van der Waals surface area contributed by atoms with Crippen LogP contribution in [0.5, 0.6) is 23.0 Å². The summed E-state index contributed by atoms with van der Waals surface area (Å²) in [5, 5.41) is 38.0. The molecule has 6 heteroatoms. The summed E-state index contributed by atoms with van der Waals surface area (Å²) in [6.45, 7) is 0. The average Bonchev–Trinajstić information content (AvgIpc) is 2.43. The Morgan fingerprint density at radius 2 is 1.57 bits per heavy atom. The van der Waals surface area contributed by atoms with Crippen LogP contribution >= 0.6 is 0 Å². The van der Waals surface area contributed by atoms with Crippen LogP contribution in [0.25, 0.3) is 22.3 Å². The van der Waals surface area contributed by atoms with E-state index in [1.807, 2.05) is 0 Å². The second kappa shape index (κ2) is 4.45. The molecule has 0 amide bonds. The van der Waals surface area contributed by atoms with Crippen LogP contribution in [0, 0.1) is 0 Å². The molecule has 0 bridgehead atoms. The van der Waals surface area contributed by atoms with Gasteiger partial charge in [0.2, 0.25) is 0 Å². The highest BCUT2D eigenvalue weighted by atomic mass is 16.4. The van der Waals surface area contributed by atoms with Crippen molar-refractivity contribution >= 4 is 11.0 Å². The second-order valence-corrected chi connectivity index (χ2v) is 4.52. The van der Waals surface area contributed by atoms with Gasteiger partial charge in [-0.05, 0) is 24.3 Å². The normalized spacial score (nSPS) is 10.9. The SMILES string of the molecule is O=c1cc(-c2ccc(O)c(O)c2)oc2c(O)cc(O)cc12. The van der Waals surface area contributed by atoms with E-state index in [-0.39, 0.29) is 39.7 Å². The first-order valence-electron chi connectivity index (χ1n) is 5.98. The van der Waals surface area contributed by atoms with E-state index >= 15 is 0 Å². The van der Waals surface area contributed by atoms with Crippen molar-refractivity contribution in [1.29, 1.82) is 0 Å². The van der Waals surface area contributed by atoms with Crippen LogP contribution in [0.1, 0.15) is 0 Å². The van der Waals surface area contributed by atoms with Crippen molar-refractivity contribution in [2.24, 2.45) is 0 Å². The van der Waals surface area contributed by atoms with Crippen molar-refractivity contribution in [2.45, 2.75) is 0 Å². The van der Waals surface area contributed by atoms with Crippen LogP contribution in [0.4, 0.5) is 0 Å². The zero-order chi connectivity index (χ0) is 15.1. The second-order valence-electron chi connectivity index (χ2n) is 4.52. The quantitative estimate of drug-likeness (QED) is 0.511. The first kappa shape index (κ1) is 12.9. The van der Waals surface area contributed by atoms with Gasteiger partial charge in [0.25, 0.3) is 0 Å². The summed E-state index contributed by atoms with van der Waals surface area (Å²) < 4.78 is 5.46. The molecule has 0 saturated carbocycles. The molecule has 0 spiro atoms. The summed E-state index contributed by atoms with van der Waals surface area (Å²) in [6, 6.07) is 7.37.